The summed E-state index contributed by atoms with van der Waals surface area (Å²) in [6, 6.07) is 11.8. The van der Waals surface area contributed by atoms with Crippen molar-refractivity contribution in [2.24, 2.45) is 0 Å². The van der Waals surface area contributed by atoms with Crippen molar-refractivity contribution in [3.8, 4) is 0 Å². The van der Waals surface area contributed by atoms with Gasteiger partial charge in [0.25, 0.3) is 0 Å². The first-order valence-corrected chi connectivity index (χ1v) is 7.14. The molecule has 6 heteroatoms. The zero-order chi connectivity index (χ0) is 14.5. The van der Waals surface area contributed by atoms with E-state index in [1.165, 1.54) is 12.1 Å². The monoisotopic (exact) mass is 292 g/mol. The Labute approximate surface area is 120 Å². The van der Waals surface area contributed by atoms with Gasteiger partial charge in [0.2, 0.25) is 5.82 Å². The van der Waals surface area contributed by atoms with Crippen LogP contribution in [0.2, 0.25) is 0 Å². The van der Waals surface area contributed by atoms with Crippen LogP contribution < -0.4 is 5.32 Å². The van der Waals surface area contributed by atoms with E-state index < -0.39 is 16.4 Å². The summed E-state index contributed by atoms with van der Waals surface area (Å²) in [7, 11) is 0. The van der Waals surface area contributed by atoms with Crippen molar-refractivity contribution in [2.75, 3.05) is 11.6 Å². The Hall–Kier alpha value is -2.08. The molecule has 20 heavy (non-hydrogen) atoms. The lowest BCUT2D eigenvalue weighted by Crippen LogP contribution is -2.04. The van der Waals surface area contributed by atoms with Crippen molar-refractivity contribution < 1.29 is 9.31 Å². The maximum Gasteiger partial charge on any atom is 0.327 e. The zero-order valence-corrected chi connectivity index (χ0v) is 11.6. The van der Waals surface area contributed by atoms with Gasteiger partial charge in [-0.2, -0.15) is 4.39 Å². The van der Waals surface area contributed by atoms with E-state index >= 15 is 0 Å². The van der Waals surface area contributed by atoms with Gasteiger partial charge in [0.15, 0.2) is 0 Å². The number of rotatable bonds is 5. The topological polar surface area (TPSA) is 55.2 Å². The molecule has 0 amide bonds. The van der Waals surface area contributed by atoms with E-state index in [2.05, 4.69) is 5.32 Å². The molecule has 4 nitrogen and oxygen atoms in total. The van der Waals surface area contributed by atoms with E-state index in [4.69, 9.17) is 0 Å². The molecule has 0 aliphatic heterocycles. The third-order valence-corrected chi connectivity index (χ3v) is 3.55. The Kier molecular flexibility index (Phi) is 4.57. The maximum absolute atomic E-state index is 13.4. The maximum atomic E-state index is 13.4. The minimum atomic E-state index is -0.835. The fourth-order valence-electron chi connectivity index (χ4n) is 1.78. The Morgan fingerprint density at radius 3 is 2.55 bits per heavy atom. The molecule has 0 aliphatic rings. The number of nitro benzene ring substituents is 1. The average molecular weight is 292 g/mol. The van der Waals surface area contributed by atoms with Crippen molar-refractivity contribution in [1.82, 2.24) is 0 Å². The number of para-hydroxylation sites is 1. The highest BCUT2D eigenvalue weighted by Crippen LogP contribution is 2.27. The number of nitro groups is 1. The minimum absolute atomic E-state index is 0.184. The fraction of sp³-hybridized carbons (Fsp3) is 0.143. The van der Waals surface area contributed by atoms with Gasteiger partial charge in [0, 0.05) is 11.4 Å². The van der Waals surface area contributed by atoms with E-state index in [-0.39, 0.29) is 5.69 Å². The summed E-state index contributed by atoms with van der Waals surface area (Å²) < 4.78 is 13.4. The van der Waals surface area contributed by atoms with E-state index in [0.29, 0.717) is 6.54 Å². The van der Waals surface area contributed by atoms with Crippen LogP contribution in [0.15, 0.2) is 47.4 Å². The van der Waals surface area contributed by atoms with Gasteiger partial charge in [0.1, 0.15) is 5.69 Å². The standard InChI is InChI=1S/C14H13FN2O2S/c1-20-11-7-5-10(6-8-11)9-16-13-4-2-3-12(15)14(13)17(18)19/h2-8,16H,9H2,1H3. The third kappa shape index (κ3) is 3.27. The summed E-state index contributed by atoms with van der Waals surface area (Å²) in [5.41, 5.74) is 0.638. The van der Waals surface area contributed by atoms with Crippen molar-refractivity contribution >= 4 is 23.1 Å². The highest BCUT2D eigenvalue weighted by atomic mass is 32.2. The first-order chi connectivity index (χ1) is 9.61. The van der Waals surface area contributed by atoms with Gasteiger partial charge in [-0.3, -0.25) is 10.1 Å². The van der Waals surface area contributed by atoms with E-state index in [1.807, 2.05) is 30.5 Å². The van der Waals surface area contributed by atoms with Crippen LogP contribution in [-0.4, -0.2) is 11.2 Å². The molecule has 0 saturated carbocycles. The summed E-state index contributed by atoms with van der Waals surface area (Å²) in [4.78, 5) is 11.3. The lowest BCUT2D eigenvalue weighted by molar-refractivity contribution is -0.386. The number of nitrogens with one attached hydrogen (secondary N) is 1. The number of anilines is 1. The molecule has 0 bridgehead atoms. The molecule has 1 N–H and O–H groups in total. The van der Waals surface area contributed by atoms with Crippen molar-refractivity contribution in [1.29, 1.82) is 0 Å². The minimum Gasteiger partial charge on any atom is -0.375 e. The SMILES string of the molecule is CSc1ccc(CNc2cccc(F)c2[N+](=O)[O-])cc1. The van der Waals surface area contributed by atoms with Crippen molar-refractivity contribution in [2.45, 2.75) is 11.4 Å². The molecule has 0 radical (unpaired) electrons. The van der Waals surface area contributed by atoms with Gasteiger partial charge < -0.3 is 5.32 Å². The molecule has 2 aromatic carbocycles. The molecule has 0 heterocycles. The molecule has 0 saturated heterocycles. The smallest absolute Gasteiger partial charge is 0.327 e. The number of hydrogen-bond donors (Lipinski definition) is 1. The predicted molar refractivity (Wildman–Crippen MR) is 78.6 cm³/mol. The van der Waals surface area contributed by atoms with E-state index in [0.717, 1.165) is 16.5 Å². The Morgan fingerprint density at radius 1 is 1.25 bits per heavy atom. The van der Waals surface area contributed by atoms with Crippen LogP contribution in [0.3, 0.4) is 0 Å². The normalized spacial score (nSPS) is 10.3. The Morgan fingerprint density at radius 2 is 1.95 bits per heavy atom. The van der Waals surface area contributed by atoms with Crippen LogP contribution in [0.1, 0.15) is 5.56 Å². The van der Waals surface area contributed by atoms with E-state index in [1.54, 1.807) is 11.8 Å². The second-order valence-electron chi connectivity index (χ2n) is 4.09. The molecule has 0 atom stereocenters. The second-order valence-corrected chi connectivity index (χ2v) is 4.97. The number of benzene rings is 2. The first kappa shape index (κ1) is 14.3. The number of nitrogens with zero attached hydrogens (tertiary/aromatic N) is 1. The predicted octanol–water partition coefficient (Wildman–Crippen LogP) is 4.07. The molecule has 2 aromatic rings. The third-order valence-electron chi connectivity index (χ3n) is 2.81. The second kappa shape index (κ2) is 6.38. The summed E-state index contributed by atoms with van der Waals surface area (Å²) in [6.07, 6.45) is 1.99. The van der Waals surface area contributed by atoms with Gasteiger partial charge >= 0.3 is 5.69 Å². The largest absolute Gasteiger partial charge is 0.375 e. The molecule has 0 spiro atoms. The first-order valence-electron chi connectivity index (χ1n) is 5.91. The molecular formula is C14H13FN2O2S. The van der Waals surface area contributed by atoms with Gasteiger partial charge in [-0.15, -0.1) is 11.8 Å². The quantitative estimate of drug-likeness (QED) is 0.513. The summed E-state index contributed by atoms with van der Waals surface area (Å²) in [5.74, 6) is -0.835. The molecule has 0 aliphatic carbocycles. The summed E-state index contributed by atoms with van der Waals surface area (Å²) in [6.45, 7) is 0.402. The van der Waals surface area contributed by atoms with Crippen molar-refractivity contribution in [3.63, 3.8) is 0 Å². The molecule has 2 rings (SSSR count). The van der Waals surface area contributed by atoms with Gasteiger partial charge in [-0.25, -0.2) is 0 Å². The highest BCUT2D eigenvalue weighted by molar-refractivity contribution is 7.98. The Balaban J connectivity index is 2.14. The molecule has 104 valence electrons. The van der Waals surface area contributed by atoms with Crippen LogP contribution in [0.25, 0.3) is 0 Å². The van der Waals surface area contributed by atoms with Crippen molar-refractivity contribution in [3.05, 3.63) is 64.0 Å². The van der Waals surface area contributed by atoms with Gasteiger partial charge in [-0.1, -0.05) is 18.2 Å². The summed E-state index contributed by atoms with van der Waals surface area (Å²) >= 11 is 1.64. The van der Waals surface area contributed by atoms with Gasteiger partial charge in [0.05, 0.1) is 4.92 Å². The van der Waals surface area contributed by atoms with E-state index in [9.17, 15) is 14.5 Å². The average Bonchev–Trinajstić information content (AvgIpc) is 2.45. The van der Waals surface area contributed by atoms with Crippen LogP contribution >= 0.6 is 11.8 Å². The van der Waals surface area contributed by atoms with Gasteiger partial charge in [-0.05, 0) is 36.1 Å². The van der Waals surface area contributed by atoms with Crippen LogP contribution in [0.5, 0.6) is 0 Å². The fourth-order valence-corrected chi connectivity index (χ4v) is 2.19. The molecule has 0 aromatic heterocycles. The number of thioether (sulfide) groups is 1. The van der Waals surface area contributed by atoms with Crippen LogP contribution in [0, 0.1) is 15.9 Å². The number of hydrogen-bond acceptors (Lipinski definition) is 4. The Bertz CT molecular complexity index is 617. The van der Waals surface area contributed by atoms with Crippen LogP contribution in [-0.2, 0) is 6.54 Å². The lowest BCUT2D eigenvalue weighted by atomic mass is 10.2. The molecule has 0 unspecified atom stereocenters. The van der Waals surface area contributed by atoms with Crippen LogP contribution in [0.4, 0.5) is 15.8 Å². The highest BCUT2D eigenvalue weighted by Gasteiger charge is 2.19. The molecular weight excluding hydrogens is 279 g/mol. The zero-order valence-electron chi connectivity index (χ0n) is 10.8. The number of halogens is 1. The molecule has 0 fully saturated rings. The lowest BCUT2D eigenvalue weighted by Gasteiger charge is -2.08. The summed E-state index contributed by atoms with van der Waals surface area (Å²) in [5, 5.41) is 13.8.